The first-order valence-electron chi connectivity index (χ1n) is 6.10. The molecule has 0 aliphatic carbocycles. The smallest absolute Gasteiger partial charge is 0.259 e. The highest BCUT2D eigenvalue weighted by Gasteiger charge is 1.99. The van der Waals surface area contributed by atoms with E-state index in [0.29, 0.717) is 5.69 Å². The number of carbonyl (C=O) groups is 1. The Morgan fingerprint density at radius 3 is 2.50 bits per heavy atom. The molecule has 0 aliphatic rings. The van der Waals surface area contributed by atoms with Gasteiger partial charge < -0.3 is 5.32 Å². The summed E-state index contributed by atoms with van der Waals surface area (Å²) in [6, 6.07) is 15.2. The molecule has 0 saturated heterocycles. The molecule has 2 aromatic rings. The Hall–Kier alpha value is -2.69. The predicted octanol–water partition coefficient (Wildman–Crippen LogP) is 2.39. The summed E-state index contributed by atoms with van der Waals surface area (Å²) >= 11 is 0. The van der Waals surface area contributed by atoms with Gasteiger partial charge in [0.15, 0.2) is 0 Å². The fourth-order valence-electron chi connectivity index (χ4n) is 1.51. The molecule has 5 heteroatoms. The topological polar surface area (TPSA) is 53.5 Å². The van der Waals surface area contributed by atoms with E-state index in [1.54, 1.807) is 18.3 Å². The third-order valence-electron chi connectivity index (χ3n) is 2.50. The Labute approximate surface area is 116 Å². The Balaban J connectivity index is 1.76. The molecule has 0 heterocycles. The standard InChI is InChI=1S/C15H14FN3O/c16-13-6-8-14(9-7-13)17-11-15(20)19-18-10-12-4-2-1-3-5-12/h1-10,17H,11H2,(H,19,20)/b18-10-. The minimum atomic E-state index is -0.313. The van der Waals surface area contributed by atoms with Crippen molar-refractivity contribution in [1.82, 2.24) is 5.43 Å². The second kappa shape index (κ2) is 7.04. The summed E-state index contributed by atoms with van der Waals surface area (Å²) in [4.78, 5) is 11.5. The summed E-state index contributed by atoms with van der Waals surface area (Å²) in [6.45, 7) is 0.0672. The van der Waals surface area contributed by atoms with Crippen molar-refractivity contribution in [3.05, 3.63) is 66.0 Å². The Kier molecular flexibility index (Phi) is 4.83. The van der Waals surface area contributed by atoms with Crippen molar-refractivity contribution in [2.75, 3.05) is 11.9 Å². The third-order valence-corrected chi connectivity index (χ3v) is 2.50. The molecule has 20 heavy (non-hydrogen) atoms. The molecule has 0 aliphatic heterocycles. The van der Waals surface area contributed by atoms with Crippen LogP contribution in [-0.4, -0.2) is 18.7 Å². The van der Waals surface area contributed by atoms with Gasteiger partial charge in [-0.05, 0) is 29.8 Å². The van der Waals surface area contributed by atoms with Crippen LogP contribution >= 0.6 is 0 Å². The number of amides is 1. The average Bonchev–Trinajstić information content (AvgIpc) is 2.48. The van der Waals surface area contributed by atoms with Crippen molar-refractivity contribution in [1.29, 1.82) is 0 Å². The van der Waals surface area contributed by atoms with Crippen LogP contribution in [0.4, 0.5) is 10.1 Å². The normalized spacial score (nSPS) is 10.4. The molecule has 0 unspecified atom stereocenters. The molecule has 102 valence electrons. The Morgan fingerprint density at radius 2 is 1.80 bits per heavy atom. The van der Waals surface area contributed by atoms with Crippen LogP contribution in [0.3, 0.4) is 0 Å². The van der Waals surface area contributed by atoms with Crippen molar-refractivity contribution in [3.8, 4) is 0 Å². The largest absolute Gasteiger partial charge is 0.376 e. The van der Waals surface area contributed by atoms with Gasteiger partial charge in [0.25, 0.3) is 5.91 Å². The summed E-state index contributed by atoms with van der Waals surface area (Å²) in [7, 11) is 0. The van der Waals surface area contributed by atoms with Crippen LogP contribution in [0.25, 0.3) is 0 Å². The van der Waals surface area contributed by atoms with Gasteiger partial charge in [-0.1, -0.05) is 30.3 Å². The zero-order valence-electron chi connectivity index (χ0n) is 10.7. The molecule has 2 rings (SSSR count). The maximum Gasteiger partial charge on any atom is 0.259 e. The van der Waals surface area contributed by atoms with Crippen LogP contribution in [0.1, 0.15) is 5.56 Å². The van der Waals surface area contributed by atoms with Crippen LogP contribution in [0.15, 0.2) is 59.7 Å². The van der Waals surface area contributed by atoms with Gasteiger partial charge in [-0.2, -0.15) is 5.10 Å². The van der Waals surface area contributed by atoms with Crippen LogP contribution in [0, 0.1) is 5.82 Å². The zero-order chi connectivity index (χ0) is 14.2. The summed E-state index contributed by atoms with van der Waals surface area (Å²) in [5.41, 5.74) is 3.98. The molecule has 0 fully saturated rings. The first kappa shape index (κ1) is 13.7. The number of carbonyl (C=O) groups excluding carboxylic acids is 1. The molecule has 0 radical (unpaired) electrons. The number of hydrogen-bond donors (Lipinski definition) is 2. The van der Waals surface area contributed by atoms with Gasteiger partial charge in [-0.25, -0.2) is 9.82 Å². The molecule has 1 amide bonds. The van der Waals surface area contributed by atoms with Crippen LogP contribution in [0.5, 0.6) is 0 Å². The number of nitrogens with zero attached hydrogens (tertiary/aromatic N) is 1. The molecule has 0 aromatic heterocycles. The molecular weight excluding hydrogens is 257 g/mol. The fraction of sp³-hybridized carbons (Fsp3) is 0.0667. The third kappa shape index (κ3) is 4.53. The summed E-state index contributed by atoms with van der Waals surface area (Å²) in [5.74, 6) is -0.589. The summed E-state index contributed by atoms with van der Waals surface area (Å²) in [5, 5.41) is 6.71. The van der Waals surface area contributed by atoms with Crippen LogP contribution < -0.4 is 10.7 Å². The number of anilines is 1. The van der Waals surface area contributed by atoms with Crippen molar-refractivity contribution >= 4 is 17.8 Å². The molecule has 0 spiro atoms. The molecule has 2 N–H and O–H groups in total. The van der Waals surface area contributed by atoms with Crippen molar-refractivity contribution in [3.63, 3.8) is 0 Å². The molecule has 0 bridgehead atoms. The number of rotatable bonds is 5. The van der Waals surface area contributed by atoms with Gasteiger partial charge >= 0.3 is 0 Å². The summed E-state index contributed by atoms with van der Waals surface area (Å²) < 4.78 is 12.7. The lowest BCUT2D eigenvalue weighted by Gasteiger charge is -2.04. The fourth-order valence-corrected chi connectivity index (χ4v) is 1.51. The van der Waals surface area contributed by atoms with E-state index in [9.17, 15) is 9.18 Å². The molecular formula is C15H14FN3O. The lowest BCUT2D eigenvalue weighted by molar-refractivity contribution is -0.119. The van der Waals surface area contributed by atoms with Gasteiger partial charge in [0, 0.05) is 5.69 Å². The van der Waals surface area contributed by atoms with Gasteiger partial charge in [0.05, 0.1) is 12.8 Å². The van der Waals surface area contributed by atoms with E-state index in [1.165, 1.54) is 12.1 Å². The highest BCUT2D eigenvalue weighted by atomic mass is 19.1. The van der Waals surface area contributed by atoms with Gasteiger partial charge in [0.1, 0.15) is 5.82 Å². The second-order valence-electron chi connectivity index (χ2n) is 4.06. The van der Waals surface area contributed by atoms with E-state index in [0.717, 1.165) is 5.56 Å². The van der Waals surface area contributed by atoms with Gasteiger partial charge in [-0.15, -0.1) is 0 Å². The first-order valence-corrected chi connectivity index (χ1v) is 6.10. The highest BCUT2D eigenvalue weighted by molar-refractivity contribution is 5.84. The molecule has 2 aromatic carbocycles. The maximum atomic E-state index is 12.7. The number of hydrazone groups is 1. The van der Waals surface area contributed by atoms with Crippen LogP contribution in [0.2, 0.25) is 0 Å². The number of halogens is 1. The van der Waals surface area contributed by atoms with Crippen molar-refractivity contribution in [2.24, 2.45) is 5.10 Å². The van der Waals surface area contributed by atoms with E-state index in [1.807, 2.05) is 30.3 Å². The zero-order valence-corrected chi connectivity index (χ0v) is 10.7. The minimum Gasteiger partial charge on any atom is -0.376 e. The lowest BCUT2D eigenvalue weighted by Crippen LogP contribution is -2.25. The number of benzene rings is 2. The average molecular weight is 271 g/mol. The second-order valence-corrected chi connectivity index (χ2v) is 4.06. The number of nitrogens with one attached hydrogen (secondary N) is 2. The minimum absolute atomic E-state index is 0.0672. The van der Waals surface area contributed by atoms with Crippen LogP contribution in [-0.2, 0) is 4.79 Å². The van der Waals surface area contributed by atoms with Gasteiger partial charge in [0.2, 0.25) is 0 Å². The van der Waals surface area contributed by atoms with Crippen molar-refractivity contribution < 1.29 is 9.18 Å². The van der Waals surface area contributed by atoms with E-state index < -0.39 is 0 Å². The number of hydrogen-bond acceptors (Lipinski definition) is 3. The van der Waals surface area contributed by atoms with E-state index in [2.05, 4.69) is 15.8 Å². The molecule has 0 saturated carbocycles. The predicted molar refractivity (Wildman–Crippen MR) is 77.1 cm³/mol. The lowest BCUT2D eigenvalue weighted by atomic mass is 10.2. The monoisotopic (exact) mass is 271 g/mol. The highest BCUT2D eigenvalue weighted by Crippen LogP contribution is 2.07. The van der Waals surface area contributed by atoms with Gasteiger partial charge in [-0.3, -0.25) is 4.79 Å². The molecule has 4 nitrogen and oxygen atoms in total. The van der Waals surface area contributed by atoms with E-state index in [-0.39, 0.29) is 18.3 Å². The van der Waals surface area contributed by atoms with E-state index >= 15 is 0 Å². The quantitative estimate of drug-likeness (QED) is 0.648. The van der Waals surface area contributed by atoms with Crippen molar-refractivity contribution in [2.45, 2.75) is 0 Å². The first-order chi connectivity index (χ1) is 9.74. The molecule has 0 atom stereocenters. The van der Waals surface area contributed by atoms with E-state index in [4.69, 9.17) is 0 Å². The summed E-state index contributed by atoms with van der Waals surface area (Å²) in [6.07, 6.45) is 1.57. The Bertz CT molecular complexity index is 582. The SMILES string of the molecule is O=C(CNc1ccc(F)cc1)N/N=C\c1ccccc1. The Morgan fingerprint density at radius 1 is 1.10 bits per heavy atom. The maximum absolute atomic E-state index is 12.7.